The first-order valence-electron chi connectivity index (χ1n) is 8.13. The van der Waals surface area contributed by atoms with Gasteiger partial charge in [-0.15, -0.1) is 0 Å². The topological polar surface area (TPSA) is 55.8 Å². The van der Waals surface area contributed by atoms with Gasteiger partial charge in [0.2, 0.25) is 6.10 Å². The summed E-state index contributed by atoms with van der Waals surface area (Å²) >= 11 is 6.05. The Morgan fingerprint density at radius 1 is 1.25 bits per heavy atom. The number of hydrogen-bond donors (Lipinski definition) is 1. The molecule has 0 saturated carbocycles. The largest absolute Gasteiger partial charge is 0.497 e. The molecule has 1 heterocycles. The molecule has 2 atom stereocenters. The number of rotatable bonds is 2. The van der Waals surface area contributed by atoms with Crippen molar-refractivity contribution in [3.8, 4) is 23.3 Å². The SMILES string of the molecule is COc1ccc(C#Cc2cc(Cl)cc3c2O[C@H](C(F)(F)F)[C@H](C(=O)O)C3)cc1. The molecule has 2 aromatic rings. The zero-order valence-corrected chi connectivity index (χ0v) is 15.3. The molecule has 4 nitrogen and oxygen atoms in total. The maximum atomic E-state index is 13.3. The van der Waals surface area contributed by atoms with Crippen LogP contribution < -0.4 is 9.47 Å². The summed E-state index contributed by atoms with van der Waals surface area (Å²) in [4.78, 5) is 11.3. The number of carboxylic acid groups (broad SMARTS) is 1. The van der Waals surface area contributed by atoms with Crippen molar-refractivity contribution in [1.82, 2.24) is 0 Å². The standard InChI is InChI=1S/C20H14ClF3O4/c1-27-15-6-3-11(4-7-15)2-5-12-8-14(21)9-13-10-16(19(25)26)18(20(22,23)24)28-17(12)13/h3-4,6-9,16,18H,10H2,1H3,(H,25,26)/t16-,18+/m1/s1. The van der Waals surface area contributed by atoms with Crippen LogP contribution >= 0.6 is 11.6 Å². The molecule has 0 bridgehead atoms. The van der Waals surface area contributed by atoms with Crippen LogP contribution in [0.5, 0.6) is 11.5 Å². The lowest BCUT2D eigenvalue weighted by Gasteiger charge is -2.33. The average Bonchev–Trinajstić information content (AvgIpc) is 2.64. The van der Waals surface area contributed by atoms with Gasteiger partial charge in [-0.3, -0.25) is 4.79 Å². The van der Waals surface area contributed by atoms with E-state index in [0.29, 0.717) is 11.3 Å². The Bertz CT molecular complexity index is 958. The highest BCUT2D eigenvalue weighted by Crippen LogP contribution is 2.41. The van der Waals surface area contributed by atoms with Crippen LogP contribution in [0.1, 0.15) is 16.7 Å². The van der Waals surface area contributed by atoms with Crippen LogP contribution in [0, 0.1) is 17.8 Å². The Labute approximate surface area is 163 Å². The maximum absolute atomic E-state index is 13.3. The fraction of sp³-hybridized carbons (Fsp3) is 0.250. The van der Waals surface area contributed by atoms with E-state index in [1.165, 1.54) is 19.2 Å². The number of aliphatic carboxylic acids is 1. The monoisotopic (exact) mass is 410 g/mol. The zero-order chi connectivity index (χ0) is 20.5. The lowest BCUT2D eigenvalue weighted by molar-refractivity contribution is -0.217. The predicted molar refractivity (Wildman–Crippen MR) is 95.7 cm³/mol. The predicted octanol–water partition coefficient (Wildman–Crippen LogP) is 4.32. The third-order valence-corrected chi connectivity index (χ3v) is 4.47. The van der Waals surface area contributed by atoms with Crippen LogP contribution in [0.25, 0.3) is 0 Å². The number of carboxylic acids is 1. The lowest BCUT2D eigenvalue weighted by Crippen LogP contribution is -2.47. The number of ether oxygens (including phenoxy) is 2. The van der Waals surface area contributed by atoms with Gasteiger partial charge in [0.1, 0.15) is 17.4 Å². The maximum Gasteiger partial charge on any atom is 0.426 e. The van der Waals surface area contributed by atoms with Crippen LogP contribution in [0.2, 0.25) is 5.02 Å². The van der Waals surface area contributed by atoms with Crippen molar-refractivity contribution in [3.63, 3.8) is 0 Å². The Hall–Kier alpha value is -2.85. The summed E-state index contributed by atoms with van der Waals surface area (Å²) in [6, 6.07) is 9.59. The van der Waals surface area contributed by atoms with Crippen molar-refractivity contribution in [2.75, 3.05) is 7.11 Å². The van der Waals surface area contributed by atoms with E-state index in [-0.39, 0.29) is 28.3 Å². The number of methoxy groups -OCH3 is 1. The Morgan fingerprint density at radius 3 is 2.50 bits per heavy atom. The minimum Gasteiger partial charge on any atom is -0.497 e. The van der Waals surface area contributed by atoms with Gasteiger partial charge >= 0.3 is 12.1 Å². The van der Waals surface area contributed by atoms with E-state index in [2.05, 4.69) is 11.8 Å². The molecule has 0 amide bonds. The summed E-state index contributed by atoms with van der Waals surface area (Å²) in [5, 5.41) is 9.41. The second-order valence-electron chi connectivity index (χ2n) is 6.15. The van der Waals surface area contributed by atoms with Gasteiger partial charge in [-0.25, -0.2) is 0 Å². The van der Waals surface area contributed by atoms with Crippen molar-refractivity contribution in [2.45, 2.75) is 18.7 Å². The number of fused-ring (bicyclic) bond motifs is 1. The number of halogens is 4. The van der Waals surface area contributed by atoms with Crippen LogP contribution in [-0.2, 0) is 11.2 Å². The van der Waals surface area contributed by atoms with Crippen molar-refractivity contribution in [3.05, 3.63) is 58.1 Å². The van der Waals surface area contributed by atoms with Crippen LogP contribution in [0.15, 0.2) is 36.4 Å². The van der Waals surface area contributed by atoms with Crippen molar-refractivity contribution in [2.24, 2.45) is 5.92 Å². The van der Waals surface area contributed by atoms with Gasteiger partial charge in [0.15, 0.2) is 0 Å². The molecule has 0 aromatic heterocycles. The van der Waals surface area contributed by atoms with E-state index < -0.39 is 24.2 Å². The number of benzene rings is 2. The van der Waals surface area contributed by atoms with Gasteiger partial charge in [0.05, 0.1) is 12.7 Å². The molecule has 3 rings (SSSR count). The average molecular weight is 411 g/mol. The molecule has 0 unspecified atom stereocenters. The van der Waals surface area contributed by atoms with Gasteiger partial charge < -0.3 is 14.6 Å². The highest BCUT2D eigenvalue weighted by atomic mass is 35.5. The first kappa shape index (κ1) is 19.9. The van der Waals surface area contributed by atoms with Gasteiger partial charge in [-0.2, -0.15) is 13.2 Å². The molecule has 2 aromatic carbocycles. The fourth-order valence-corrected chi connectivity index (χ4v) is 3.15. The summed E-state index contributed by atoms with van der Waals surface area (Å²) < 4.78 is 50.1. The lowest BCUT2D eigenvalue weighted by atomic mass is 9.89. The van der Waals surface area contributed by atoms with E-state index in [4.69, 9.17) is 21.1 Å². The van der Waals surface area contributed by atoms with Gasteiger partial charge in [0.25, 0.3) is 0 Å². The summed E-state index contributed by atoms with van der Waals surface area (Å²) in [6.45, 7) is 0. The highest BCUT2D eigenvalue weighted by Gasteiger charge is 2.52. The molecule has 0 aliphatic carbocycles. The van der Waals surface area contributed by atoms with Crippen molar-refractivity contribution < 1.29 is 32.5 Å². The van der Waals surface area contributed by atoms with E-state index in [0.717, 1.165) is 0 Å². The van der Waals surface area contributed by atoms with Gasteiger partial charge in [0, 0.05) is 10.6 Å². The molecular formula is C20H14ClF3O4. The number of carbonyl (C=O) groups is 1. The fourth-order valence-electron chi connectivity index (χ4n) is 2.91. The minimum atomic E-state index is -4.83. The molecule has 1 aliphatic heterocycles. The molecule has 1 aliphatic rings. The second-order valence-corrected chi connectivity index (χ2v) is 6.59. The third kappa shape index (κ3) is 4.18. The summed E-state index contributed by atoms with van der Waals surface area (Å²) in [5.41, 5.74) is 1.05. The van der Waals surface area contributed by atoms with Crippen molar-refractivity contribution in [1.29, 1.82) is 0 Å². The molecule has 0 spiro atoms. The molecular weight excluding hydrogens is 397 g/mol. The summed E-state index contributed by atoms with van der Waals surface area (Å²) in [7, 11) is 1.53. The zero-order valence-electron chi connectivity index (χ0n) is 14.5. The molecule has 8 heteroatoms. The molecule has 146 valence electrons. The van der Waals surface area contributed by atoms with Crippen LogP contribution in [-0.4, -0.2) is 30.5 Å². The first-order valence-corrected chi connectivity index (χ1v) is 8.51. The van der Waals surface area contributed by atoms with E-state index in [9.17, 15) is 23.1 Å². The van der Waals surface area contributed by atoms with Gasteiger partial charge in [-0.1, -0.05) is 23.4 Å². The third-order valence-electron chi connectivity index (χ3n) is 4.25. The van der Waals surface area contributed by atoms with E-state index >= 15 is 0 Å². The minimum absolute atomic E-state index is 0.0924. The Kier molecular flexibility index (Phi) is 5.43. The molecule has 0 fully saturated rings. The van der Waals surface area contributed by atoms with Crippen molar-refractivity contribution >= 4 is 17.6 Å². The number of alkyl halides is 3. The normalized spacial score (nSPS) is 18.3. The second kappa shape index (κ2) is 7.64. The molecule has 1 N–H and O–H groups in total. The van der Waals surface area contributed by atoms with Gasteiger partial charge in [-0.05, 0) is 48.4 Å². The Balaban J connectivity index is 2.02. The number of hydrogen-bond acceptors (Lipinski definition) is 3. The first-order chi connectivity index (χ1) is 13.2. The van der Waals surface area contributed by atoms with Crippen LogP contribution in [0.4, 0.5) is 13.2 Å². The highest BCUT2D eigenvalue weighted by molar-refractivity contribution is 6.30. The quantitative estimate of drug-likeness (QED) is 0.749. The van der Waals surface area contributed by atoms with E-state index in [1.807, 2.05) is 0 Å². The molecule has 28 heavy (non-hydrogen) atoms. The summed E-state index contributed by atoms with van der Waals surface area (Å²) in [5.74, 6) is 2.81. The summed E-state index contributed by atoms with van der Waals surface area (Å²) in [6.07, 6.45) is -7.64. The molecule has 0 radical (unpaired) electrons. The van der Waals surface area contributed by atoms with Crippen LogP contribution in [0.3, 0.4) is 0 Å². The smallest absolute Gasteiger partial charge is 0.426 e. The van der Waals surface area contributed by atoms with E-state index in [1.54, 1.807) is 24.3 Å². The molecule has 0 saturated heterocycles. The Morgan fingerprint density at radius 2 is 1.93 bits per heavy atom.